The van der Waals surface area contributed by atoms with E-state index < -0.39 is 0 Å². The van der Waals surface area contributed by atoms with E-state index in [1.807, 2.05) is 6.08 Å². The van der Waals surface area contributed by atoms with Crippen LogP contribution in [0.3, 0.4) is 0 Å². The number of ether oxygens (including phenoxy) is 1. The van der Waals surface area contributed by atoms with Crippen molar-refractivity contribution in [3.8, 4) is 0 Å². The lowest BCUT2D eigenvalue weighted by Gasteiger charge is -2.25. The predicted octanol–water partition coefficient (Wildman–Crippen LogP) is 1.24. The Morgan fingerprint density at radius 3 is 2.90 bits per heavy atom. The molecule has 0 N–H and O–H groups in total. The smallest absolute Gasteiger partial charge is 0.0751 e. The zero-order chi connectivity index (χ0) is 7.56. The molecule has 0 aromatic rings. The van der Waals surface area contributed by atoms with E-state index in [0.29, 0.717) is 12.1 Å². The number of likely N-dealkylation sites (N-methyl/N-ethyl adjacent to an activating group) is 1. The van der Waals surface area contributed by atoms with Gasteiger partial charge in [0.25, 0.3) is 0 Å². The van der Waals surface area contributed by atoms with Crippen molar-refractivity contribution in [3.05, 3.63) is 12.3 Å². The molecular formula is C8H15NO. The summed E-state index contributed by atoms with van der Waals surface area (Å²) in [5.41, 5.74) is 0. The second-order valence-electron chi connectivity index (χ2n) is 2.83. The van der Waals surface area contributed by atoms with Crippen molar-refractivity contribution in [1.29, 1.82) is 0 Å². The predicted molar refractivity (Wildman–Crippen MR) is 41.8 cm³/mol. The van der Waals surface area contributed by atoms with Crippen LogP contribution in [0.2, 0.25) is 0 Å². The molecule has 1 aliphatic heterocycles. The monoisotopic (exact) mass is 141 g/mol. The standard InChI is InChI=1S/C8H15NO/c1-7-8(2)10-6-4-5-9(7)3/h4-5,7-8H,6H2,1-3H3. The molecule has 0 aromatic heterocycles. The third-order valence-electron chi connectivity index (χ3n) is 2.12. The minimum atomic E-state index is 0.333. The first-order valence-electron chi connectivity index (χ1n) is 3.72. The SMILES string of the molecule is CC1OCC=CN(C)C1C. The first-order chi connectivity index (χ1) is 4.72. The molecule has 0 amide bonds. The van der Waals surface area contributed by atoms with Crippen LogP contribution >= 0.6 is 0 Å². The minimum Gasteiger partial charge on any atom is -0.375 e. The fourth-order valence-electron chi connectivity index (χ4n) is 1.02. The molecule has 0 spiro atoms. The quantitative estimate of drug-likeness (QED) is 0.503. The summed E-state index contributed by atoms with van der Waals surface area (Å²) in [6, 6.07) is 0.485. The van der Waals surface area contributed by atoms with Crippen LogP contribution in [0.25, 0.3) is 0 Å². The highest BCUT2D eigenvalue weighted by Gasteiger charge is 2.16. The average molecular weight is 141 g/mol. The van der Waals surface area contributed by atoms with Gasteiger partial charge >= 0.3 is 0 Å². The number of hydrogen-bond donors (Lipinski definition) is 0. The van der Waals surface area contributed by atoms with E-state index in [4.69, 9.17) is 4.74 Å². The second kappa shape index (κ2) is 3.06. The second-order valence-corrected chi connectivity index (χ2v) is 2.83. The molecule has 0 radical (unpaired) electrons. The molecule has 0 bridgehead atoms. The first kappa shape index (κ1) is 7.61. The maximum atomic E-state index is 5.46. The van der Waals surface area contributed by atoms with Crippen molar-refractivity contribution in [2.75, 3.05) is 13.7 Å². The molecule has 0 fully saturated rings. The van der Waals surface area contributed by atoms with Crippen LogP contribution < -0.4 is 0 Å². The molecule has 0 saturated heterocycles. The lowest BCUT2D eigenvalue weighted by atomic mass is 10.2. The molecule has 1 aliphatic rings. The summed E-state index contributed by atoms with van der Waals surface area (Å²) in [5.74, 6) is 0. The van der Waals surface area contributed by atoms with Gasteiger partial charge in [-0.15, -0.1) is 0 Å². The summed E-state index contributed by atoms with van der Waals surface area (Å²) in [5, 5.41) is 0. The molecule has 58 valence electrons. The van der Waals surface area contributed by atoms with Gasteiger partial charge in [-0.2, -0.15) is 0 Å². The third-order valence-corrected chi connectivity index (χ3v) is 2.12. The molecule has 1 rings (SSSR count). The first-order valence-corrected chi connectivity index (χ1v) is 3.72. The highest BCUT2D eigenvalue weighted by Crippen LogP contribution is 2.09. The van der Waals surface area contributed by atoms with Gasteiger partial charge in [0.1, 0.15) is 0 Å². The van der Waals surface area contributed by atoms with Crippen LogP contribution in [0, 0.1) is 0 Å². The molecular weight excluding hydrogens is 126 g/mol. The Balaban J connectivity index is 2.57. The molecule has 0 saturated carbocycles. The van der Waals surface area contributed by atoms with Gasteiger partial charge in [0.2, 0.25) is 0 Å². The molecule has 2 atom stereocenters. The van der Waals surface area contributed by atoms with Crippen LogP contribution in [0.1, 0.15) is 13.8 Å². The Labute approximate surface area is 62.5 Å². The van der Waals surface area contributed by atoms with E-state index in [9.17, 15) is 0 Å². The van der Waals surface area contributed by atoms with E-state index in [1.165, 1.54) is 0 Å². The van der Waals surface area contributed by atoms with Crippen LogP contribution in [0.15, 0.2) is 12.3 Å². The normalized spacial score (nSPS) is 34.1. The Morgan fingerprint density at radius 1 is 1.50 bits per heavy atom. The molecule has 2 nitrogen and oxygen atoms in total. The lowest BCUT2D eigenvalue weighted by Crippen LogP contribution is -2.33. The highest BCUT2D eigenvalue weighted by atomic mass is 16.5. The summed E-state index contributed by atoms with van der Waals surface area (Å²) >= 11 is 0. The minimum absolute atomic E-state index is 0.333. The van der Waals surface area contributed by atoms with E-state index in [0.717, 1.165) is 6.61 Å². The molecule has 2 unspecified atom stereocenters. The maximum Gasteiger partial charge on any atom is 0.0751 e. The van der Waals surface area contributed by atoms with Gasteiger partial charge in [-0.1, -0.05) is 0 Å². The number of rotatable bonds is 0. The van der Waals surface area contributed by atoms with Crippen LogP contribution in [0.5, 0.6) is 0 Å². The van der Waals surface area contributed by atoms with E-state index in [1.54, 1.807) is 0 Å². The number of hydrogen-bond acceptors (Lipinski definition) is 2. The summed E-state index contributed by atoms with van der Waals surface area (Å²) in [6.45, 7) is 5.02. The van der Waals surface area contributed by atoms with Gasteiger partial charge in [0.05, 0.1) is 18.8 Å². The summed E-state index contributed by atoms with van der Waals surface area (Å²) in [4.78, 5) is 2.18. The zero-order valence-electron chi connectivity index (χ0n) is 6.87. The third kappa shape index (κ3) is 1.51. The Kier molecular flexibility index (Phi) is 2.33. The van der Waals surface area contributed by atoms with Crippen LogP contribution in [-0.2, 0) is 4.74 Å². The van der Waals surface area contributed by atoms with Gasteiger partial charge in [0, 0.05) is 7.05 Å². The van der Waals surface area contributed by atoms with E-state index >= 15 is 0 Å². The van der Waals surface area contributed by atoms with Crippen molar-refractivity contribution in [2.45, 2.75) is 26.0 Å². The van der Waals surface area contributed by atoms with Crippen molar-refractivity contribution >= 4 is 0 Å². The fraction of sp³-hybridized carbons (Fsp3) is 0.750. The average Bonchev–Trinajstić information content (AvgIpc) is 2.04. The Hall–Kier alpha value is -0.500. The zero-order valence-corrected chi connectivity index (χ0v) is 6.87. The van der Waals surface area contributed by atoms with Crippen molar-refractivity contribution in [3.63, 3.8) is 0 Å². The lowest BCUT2D eigenvalue weighted by molar-refractivity contribution is 0.0473. The molecule has 0 aromatic carbocycles. The highest BCUT2D eigenvalue weighted by molar-refractivity contribution is 4.88. The van der Waals surface area contributed by atoms with Crippen LogP contribution in [-0.4, -0.2) is 30.7 Å². The molecule has 0 aliphatic carbocycles. The van der Waals surface area contributed by atoms with Crippen molar-refractivity contribution in [2.24, 2.45) is 0 Å². The topological polar surface area (TPSA) is 12.5 Å². The van der Waals surface area contributed by atoms with Gasteiger partial charge in [-0.25, -0.2) is 0 Å². The summed E-state index contributed by atoms with van der Waals surface area (Å²) in [7, 11) is 2.08. The molecule has 1 heterocycles. The van der Waals surface area contributed by atoms with Gasteiger partial charge in [0.15, 0.2) is 0 Å². The van der Waals surface area contributed by atoms with E-state index in [2.05, 4.69) is 32.0 Å². The Morgan fingerprint density at radius 2 is 2.20 bits per heavy atom. The van der Waals surface area contributed by atoms with Crippen LogP contribution in [0.4, 0.5) is 0 Å². The largest absolute Gasteiger partial charge is 0.375 e. The van der Waals surface area contributed by atoms with Gasteiger partial charge in [-0.05, 0) is 26.1 Å². The fourth-order valence-corrected chi connectivity index (χ4v) is 1.02. The van der Waals surface area contributed by atoms with Gasteiger partial charge < -0.3 is 9.64 Å². The molecule has 10 heavy (non-hydrogen) atoms. The number of nitrogens with zero attached hydrogens (tertiary/aromatic N) is 1. The van der Waals surface area contributed by atoms with Gasteiger partial charge in [-0.3, -0.25) is 0 Å². The Bertz CT molecular complexity index is 133. The summed E-state index contributed by atoms with van der Waals surface area (Å²) < 4.78 is 5.46. The summed E-state index contributed by atoms with van der Waals surface area (Å²) in [6.07, 6.45) is 4.45. The maximum absolute atomic E-state index is 5.46. The molecule has 2 heteroatoms. The van der Waals surface area contributed by atoms with E-state index in [-0.39, 0.29) is 0 Å². The van der Waals surface area contributed by atoms with Crippen molar-refractivity contribution < 1.29 is 4.74 Å². The van der Waals surface area contributed by atoms with Crippen molar-refractivity contribution in [1.82, 2.24) is 4.90 Å².